The molecule has 10 heteroatoms. The third kappa shape index (κ3) is 4.37. The summed E-state index contributed by atoms with van der Waals surface area (Å²) in [6.07, 6.45) is -4.69. The van der Waals surface area contributed by atoms with Crippen molar-refractivity contribution in [3.05, 3.63) is 71.5 Å². The molecular weight excluding hydrogens is 418 g/mol. The summed E-state index contributed by atoms with van der Waals surface area (Å²) in [5, 5.41) is 4.34. The van der Waals surface area contributed by atoms with Crippen molar-refractivity contribution in [2.24, 2.45) is 0 Å². The Morgan fingerprint density at radius 3 is 2.26 bits per heavy atom. The van der Waals surface area contributed by atoms with Gasteiger partial charge in [0.2, 0.25) is 5.91 Å². The van der Waals surface area contributed by atoms with Gasteiger partial charge in [-0.2, -0.15) is 13.2 Å². The average Bonchev–Trinajstić information content (AvgIpc) is 2.98. The van der Waals surface area contributed by atoms with E-state index in [1.807, 2.05) is 0 Å². The van der Waals surface area contributed by atoms with Crippen LogP contribution in [0.1, 0.15) is 30.5 Å². The fraction of sp³-hybridized carbons (Fsp3) is 0.286. The topological polar surface area (TPSA) is 78.5 Å². The van der Waals surface area contributed by atoms with Gasteiger partial charge in [0.15, 0.2) is 6.04 Å². The molecule has 2 N–H and O–H groups in total. The van der Waals surface area contributed by atoms with E-state index in [0.717, 1.165) is 24.3 Å². The second-order valence-electron chi connectivity index (χ2n) is 7.04. The van der Waals surface area contributed by atoms with Gasteiger partial charge in [-0.3, -0.25) is 14.5 Å². The number of nitrogens with one attached hydrogen (secondary N) is 2. The highest BCUT2D eigenvalue weighted by Crippen LogP contribution is 2.34. The molecule has 0 aromatic heterocycles. The van der Waals surface area contributed by atoms with Crippen molar-refractivity contribution in [2.75, 3.05) is 6.54 Å². The Morgan fingerprint density at radius 1 is 1.10 bits per heavy atom. The van der Waals surface area contributed by atoms with Gasteiger partial charge in [-0.15, -0.1) is 0 Å². The van der Waals surface area contributed by atoms with Gasteiger partial charge in [-0.05, 0) is 29.7 Å². The van der Waals surface area contributed by atoms with Crippen LogP contribution >= 0.6 is 0 Å². The quantitative estimate of drug-likeness (QED) is 0.537. The summed E-state index contributed by atoms with van der Waals surface area (Å²) in [7, 11) is 0. The van der Waals surface area contributed by atoms with Crippen LogP contribution in [0.3, 0.4) is 0 Å². The van der Waals surface area contributed by atoms with Gasteiger partial charge >= 0.3 is 12.2 Å². The number of benzene rings is 2. The van der Waals surface area contributed by atoms with E-state index in [9.17, 15) is 31.9 Å². The van der Waals surface area contributed by atoms with Crippen molar-refractivity contribution >= 4 is 17.8 Å². The lowest BCUT2D eigenvalue weighted by Gasteiger charge is -2.26. The van der Waals surface area contributed by atoms with Crippen LogP contribution in [0.2, 0.25) is 0 Å². The lowest BCUT2D eigenvalue weighted by molar-refractivity contribution is -0.163. The number of nitrogens with zero attached hydrogens (tertiary/aromatic N) is 1. The molecule has 0 radical (unpaired) electrons. The average molecular weight is 437 g/mol. The Balaban J connectivity index is 1.80. The van der Waals surface area contributed by atoms with Crippen molar-refractivity contribution in [1.82, 2.24) is 15.5 Å². The smallest absolute Gasteiger partial charge is 0.339 e. The van der Waals surface area contributed by atoms with E-state index in [2.05, 4.69) is 5.32 Å². The number of imide groups is 1. The Hall–Kier alpha value is -3.43. The Kier molecular flexibility index (Phi) is 6.01. The molecule has 0 aliphatic carbocycles. The van der Waals surface area contributed by atoms with E-state index < -0.39 is 48.0 Å². The Bertz CT molecular complexity index is 980. The standard InChI is InChI=1S/C21H19F4N3O3/c1-2-20(14-6-4-3-5-7-14)18(30)28(19(31)27-20)12-16(29)26-17(21(23,24)25)13-8-10-15(22)11-9-13/h3-11,17H,2,12H2,1H3,(H,26,29)(H,27,31). The van der Waals surface area contributed by atoms with Crippen molar-refractivity contribution in [2.45, 2.75) is 31.1 Å². The van der Waals surface area contributed by atoms with Crippen LogP contribution in [0.5, 0.6) is 0 Å². The van der Waals surface area contributed by atoms with Crippen molar-refractivity contribution < 1.29 is 31.9 Å². The third-order valence-electron chi connectivity index (χ3n) is 5.11. The fourth-order valence-corrected chi connectivity index (χ4v) is 3.49. The molecular formula is C21H19F4N3O3. The molecule has 2 unspecified atom stereocenters. The monoisotopic (exact) mass is 437 g/mol. The van der Waals surface area contributed by atoms with E-state index in [1.54, 1.807) is 42.6 Å². The molecule has 2 aromatic carbocycles. The molecule has 0 spiro atoms. The number of carbonyl (C=O) groups is 3. The first-order valence-electron chi connectivity index (χ1n) is 9.39. The van der Waals surface area contributed by atoms with Crippen LogP contribution in [-0.4, -0.2) is 35.5 Å². The van der Waals surface area contributed by atoms with Gasteiger partial charge in [-0.25, -0.2) is 9.18 Å². The number of halogens is 4. The largest absolute Gasteiger partial charge is 0.412 e. The van der Waals surface area contributed by atoms with E-state index in [1.165, 1.54) is 0 Å². The molecule has 4 amide bonds. The van der Waals surface area contributed by atoms with Gasteiger partial charge in [0.25, 0.3) is 5.91 Å². The van der Waals surface area contributed by atoms with Gasteiger partial charge in [0, 0.05) is 0 Å². The lowest BCUT2D eigenvalue weighted by atomic mass is 9.87. The second-order valence-corrected chi connectivity index (χ2v) is 7.04. The number of rotatable bonds is 6. The molecule has 164 valence electrons. The first kappa shape index (κ1) is 22.3. The number of carbonyl (C=O) groups excluding carboxylic acids is 3. The van der Waals surface area contributed by atoms with Crippen LogP contribution in [0.4, 0.5) is 22.4 Å². The molecule has 2 atom stereocenters. The maximum Gasteiger partial charge on any atom is 0.412 e. The zero-order valence-corrected chi connectivity index (χ0v) is 16.4. The number of hydrogen-bond donors (Lipinski definition) is 2. The highest BCUT2D eigenvalue weighted by Gasteiger charge is 2.52. The third-order valence-corrected chi connectivity index (χ3v) is 5.11. The molecule has 0 saturated carbocycles. The molecule has 1 heterocycles. The molecule has 1 aliphatic heterocycles. The van der Waals surface area contributed by atoms with E-state index >= 15 is 0 Å². The SMILES string of the molecule is CCC1(c2ccccc2)NC(=O)N(CC(=O)NC(c2ccc(F)cc2)C(F)(F)F)C1=O. The molecule has 6 nitrogen and oxygen atoms in total. The van der Waals surface area contributed by atoms with Crippen molar-refractivity contribution in [3.8, 4) is 0 Å². The van der Waals surface area contributed by atoms with Crippen molar-refractivity contribution in [3.63, 3.8) is 0 Å². The molecule has 1 fully saturated rings. The van der Waals surface area contributed by atoms with Crippen molar-refractivity contribution in [1.29, 1.82) is 0 Å². The summed E-state index contributed by atoms with van der Waals surface area (Å²) in [6.45, 7) is 0.774. The first-order chi connectivity index (χ1) is 14.6. The van der Waals surface area contributed by atoms with Gasteiger partial charge < -0.3 is 10.6 Å². The summed E-state index contributed by atoms with van der Waals surface area (Å²) >= 11 is 0. The molecule has 1 saturated heterocycles. The Morgan fingerprint density at radius 2 is 1.71 bits per heavy atom. The minimum absolute atomic E-state index is 0.181. The number of hydrogen-bond acceptors (Lipinski definition) is 3. The van der Waals surface area contributed by atoms with E-state index in [-0.39, 0.29) is 12.0 Å². The van der Waals surface area contributed by atoms with E-state index in [0.29, 0.717) is 10.5 Å². The second kappa shape index (κ2) is 8.37. The zero-order valence-electron chi connectivity index (χ0n) is 16.4. The van der Waals surface area contributed by atoms with Gasteiger partial charge in [-0.1, -0.05) is 49.4 Å². The summed E-state index contributed by atoms with van der Waals surface area (Å²) in [5.41, 5.74) is -1.29. The summed E-state index contributed by atoms with van der Waals surface area (Å²) in [4.78, 5) is 38.4. The summed E-state index contributed by atoms with van der Waals surface area (Å²) < 4.78 is 53.4. The highest BCUT2D eigenvalue weighted by atomic mass is 19.4. The van der Waals surface area contributed by atoms with E-state index in [4.69, 9.17) is 0 Å². The summed E-state index contributed by atoms with van der Waals surface area (Å²) in [6, 6.07) is 8.54. The predicted octanol–water partition coefficient (Wildman–Crippen LogP) is 3.40. The highest BCUT2D eigenvalue weighted by molar-refractivity contribution is 6.09. The number of amides is 4. The molecule has 1 aliphatic rings. The predicted molar refractivity (Wildman–Crippen MR) is 102 cm³/mol. The van der Waals surface area contributed by atoms with Crippen LogP contribution in [-0.2, 0) is 15.1 Å². The molecule has 0 bridgehead atoms. The van der Waals surface area contributed by atoms with Crippen LogP contribution in [0, 0.1) is 5.82 Å². The zero-order chi connectivity index (χ0) is 22.8. The fourth-order valence-electron chi connectivity index (χ4n) is 3.49. The minimum atomic E-state index is -4.87. The molecule has 2 aromatic rings. The van der Waals surface area contributed by atoms with Crippen LogP contribution in [0.15, 0.2) is 54.6 Å². The first-order valence-corrected chi connectivity index (χ1v) is 9.39. The lowest BCUT2D eigenvalue weighted by Crippen LogP contribution is -2.46. The summed E-state index contributed by atoms with van der Waals surface area (Å²) in [5.74, 6) is -2.64. The number of urea groups is 1. The maximum absolute atomic E-state index is 13.5. The molecule has 3 rings (SSSR count). The minimum Gasteiger partial charge on any atom is -0.339 e. The Labute approximate surface area is 175 Å². The maximum atomic E-state index is 13.5. The number of alkyl halides is 3. The molecule has 31 heavy (non-hydrogen) atoms. The van der Waals surface area contributed by atoms with Gasteiger partial charge in [0.05, 0.1) is 0 Å². The normalized spacial score (nSPS) is 19.8. The van der Waals surface area contributed by atoms with Crippen LogP contribution < -0.4 is 10.6 Å². The van der Waals surface area contributed by atoms with Gasteiger partial charge in [0.1, 0.15) is 17.9 Å². The van der Waals surface area contributed by atoms with Crippen LogP contribution in [0.25, 0.3) is 0 Å².